The van der Waals surface area contributed by atoms with Crippen LogP contribution in [0, 0.1) is 5.92 Å². The summed E-state index contributed by atoms with van der Waals surface area (Å²) < 4.78 is 5.22. The Balaban J connectivity index is 0.00000288. The zero-order valence-corrected chi connectivity index (χ0v) is 15.1. The number of nitrogens with one attached hydrogen (secondary N) is 1. The van der Waals surface area contributed by atoms with Gasteiger partial charge in [-0.15, -0.1) is 12.4 Å². The molecule has 0 bridgehead atoms. The predicted molar refractivity (Wildman–Crippen MR) is 95.7 cm³/mol. The van der Waals surface area contributed by atoms with Crippen molar-refractivity contribution in [3.8, 4) is 0 Å². The summed E-state index contributed by atoms with van der Waals surface area (Å²) in [5, 5.41) is 3.00. The number of esters is 1. The van der Waals surface area contributed by atoms with Gasteiger partial charge in [0.2, 0.25) is 5.91 Å². The summed E-state index contributed by atoms with van der Waals surface area (Å²) in [7, 11) is 0. The average molecular weight is 355 g/mol. The zero-order valence-electron chi connectivity index (χ0n) is 14.2. The van der Waals surface area contributed by atoms with Crippen LogP contribution in [0.1, 0.15) is 51.1 Å². The van der Waals surface area contributed by atoms with Gasteiger partial charge in [-0.3, -0.25) is 9.59 Å². The number of rotatable bonds is 6. The fourth-order valence-corrected chi connectivity index (χ4v) is 2.96. The summed E-state index contributed by atoms with van der Waals surface area (Å²) in [6.07, 6.45) is 2.37. The highest BCUT2D eigenvalue weighted by Gasteiger charge is 2.30. The first-order valence-corrected chi connectivity index (χ1v) is 8.26. The molecule has 2 rings (SSSR count). The quantitative estimate of drug-likeness (QED) is 0.769. The van der Waals surface area contributed by atoms with Crippen LogP contribution in [0.5, 0.6) is 0 Å². The summed E-state index contributed by atoms with van der Waals surface area (Å²) in [5.41, 5.74) is 6.79. The molecule has 5 nitrogen and oxygen atoms in total. The van der Waals surface area contributed by atoms with Crippen LogP contribution in [0.25, 0.3) is 0 Å². The highest BCUT2D eigenvalue weighted by atomic mass is 35.5. The van der Waals surface area contributed by atoms with Gasteiger partial charge in [0.1, 0.15) is 0 Å². The Morgan fingerprint density at radius 1 is 1.25 bits per heavy atom. The van der Waals surface area contributed by atoms with Crippen molar-refractivity contribution >= 4 is 24.3 Å². The maximum absolute atomic E-state index is 12.5. The van der Waals surface area contributed by atoms with Gasteiger partial charge in [0, 0.05) is 12.0 Å². The molecule has 6 heteroatoms. The highest BCUT2D eigenvalue weighted by Crippen LogP contribution is 2.26. The molecule has 134 valence electrons. The van der Waals surface area contributed by atoms with E-state index < -0.39 is 0 Å². The third-order valence-electron chi connectivity index (χ3n) is 4.10. The molecule has 3 N–H and O–H groups in total. The summed E-state index contributed by atoms with van der Waals surface area (Å²) in [5.74, 6) is -0.390. The smallest absolute Gasteiger partial charge is 0.308 e. The van der Waals surface area contributed by atoms with E-state index in [-0.39, 0.29) is 54.8 Å². The molecule has 24 heavy (non-hydrogen) atoms. The molecule has 1 amide bonds. The van der Waals surface area contributed by atoms with Gasteiger partial charge in [-0.2, -0.15) is 0 Å². The predicted octanol–water partition coefficient (Wildman–Crippen LogP) is 2.73. The van der Waals surface area contributed by atoms with Gasteiger partial charge in [0.05, 0.1) is 18.6 Å². The van der Waals surface area contributed by atoms with Crippen LogP contribution < -0.4 is 11.1 Å². The summed E-state index contributed by atoms with van der Waals surface area (Å²) >= 11 is 0. The van der Waals surface area contributed by atoms with Crippen molar-refractivity contribution in [2.45, 2.75) is 57.7 Å². The summed E-state index contributed by atoms with van der Waals surface area (Å²) in [6.45, 7) is 3.63. The molecule has 1 fully saturated rings. The fraction of sp³-hybridized carbons (Fsp3) is 0.556. The van der Waals surface area contributed by atoms with Crippen molar-refractivity contribution in [1.82, 2.24) is 5.32 Å². The van der Waals surface area contributed by atoms with E-state index in [2.05, 4.69) is 5.32 Å². The number of hydrogen-bond acceptors (Lipinski definition) is 4. The van der Waals surface area contributed by atoms with E-state index in [0.29, 0.717) is 6.42 Å². The molecule has 0 aliphatic heterocycles. The zero-order chi connectivity index (χ0) is 16.8. The van der Waals surface area contributed by atoms with Crippen LogP contribution >= 0.6 is 12.4 Å². The van der Waals surface area contributed by atoms with Crippen LogP contribution in [0.15, 0.2) is 30.3 Å². The highest BCUT2D eigenvalue weighted by molar-refractivity contribution is 5.85. The maximum atomic E-state index is 12.5. The number of amides is 1. The number of carbonyl (C=O) groups is 2. The van der Waals surface area contributed by atoms with Crippen molar-refractivity contribution in [3.63, 3.8) is 0 Å². The van der Waals surface area contributed by atoms with E-state index in [1.165, 1.54) is 0 Å². The molecule has 1 saturated carbocycles. The molecule has 1 aliphatic rings. The van der Waals surface area contributed by atoms with Crippen molar-refractivity contribution < 1.29 is 14.3 Å². The van der Waals surface area contributed by atoms with Crippen LogP contribution in [-0.2, 0) is 14.3 Å². The minimum absolute atomic E-state index is 0. The van der Waals surface area contributed by atoms with E-state index in [0.717, 1.165) is 18.4 Å². The number of ether oxygens (including phenoxy) is 1. The van der Waals surface area contributed by atoms with E-state index in [1.807, 2.05) is 44.2 Å². The van der Waals surface area contributed by atoms with Gasteiger partial charge in [0.25, 0.3) is 0 Å². The molecule has 0 spiro atoms. The Morgan fingerprint density at radius 3 is 2.46 bits per heavy atom. The molecule has 3 unspecified atom stereocenters. The first kappa shape index (κ1) is 20.5. The van der Waals surface area contributed by atoms with Crippen molar-refractivity contribution in [2.24, 2.45) is 11.7 Å². The third kappa shape index (κ3) is 6.13. The number of halogens is 1. The molecule has 3 atom stereocenters. The number of carbonyl (C=O) groups excluding carboxylic acids is 2. The summed E-state index contributed by atoms with van der Waals surface area (Å²) in [4.78, 5) is 24.5. The Kier molecular flexibility index (Phi) is 8.22. The Morgan fingerprint density at radius 2 is 1.92 bits per heavy atom. The van der Waals surface area contributed by atoms with Crippen LogP contribution in [-0.4, -0.2) is 24.0 Å². The Labute approximate surface area is 149 Å². The summed E-state index contributed by atoms with van der Waals surface area (Å²) in [6, 6.07) is 9.26. The van der Waals surface area contributed by atoms with E-state index in [1.54, 1.807) is 0 Å². The second kappa shape index (κ2) is 9.64. The van der Waals surface area contributed by atoms with E-state index in [4.69, 9.17) is 10.5 Å². The van der Waals surface area contributed by atoms with Gasteiger partial charge in [0.15, 0.2) is 0 Å². The molecule has 1 aromatic carbocycles. The average Bonchev–Trinajstić information content (AvgIpc) is 2.93. The first-order valence-electron chi connectivity index (χ1n) is 8.26. The lowest BCUT2D eigenvalue weighted by atomic mass is 10.0. The topological polar surface area (TPSA) is 81.4 Å². The number of benzene rings is 1. The van der Waals surface area contributed by atoms with Gasteiger partial charge in [-0.25, -0.2) is 0 Å². The lowest BCUT2D eigenvalue weighted by Gasteiger charge is -2.21. The number of nitrogens with two attached hydrogens (primary N) is 1. The monoisotopic (exact) mass is 354 g/mol. The standard InChI is InChI=1S/C18H26N2O3.ClH/c1-12(2)23-17(21)11-16(13-6-4-3-5-7-13)20-18(22)14-8-9-15(19)10-14;/h3-7,12,14-16H,8-11,19H2,1-2H3,(H,20,22);1H. The van der Waals surface area contributed by atoms with Crippen LogP contribution in [0.3, 0.4) is 0 Å². The second-order valence-electron chi connectivity index (χ2n) is 6.48. The van der Waals surface area contributed by atoms with Gasteiger partial charge in [-0.1, -0.05) is 30.3 Å². The molecule has 1 aliphatic carbocycles. The van der Waals surface area contributed by atoms with Crippen molar-refractivity contribution in [2.75, 3.05) is 0 Å². The molecule has 0 radical (unpaired) electrons. The molecule has 0 aromatic heterocycles. The molecule has 0 saturated heterocycles. The molecular formula is C18H27ClN2O3. The lowest BCUT2D eigenvalue weighted by Crippen LogP contribution is -2.35. The minimum Gasteiger partial charge on any atom is -0.463 e. The number of hydrogen-bond donors (Lipinski definition) is 2. The lowest BCUT2D eigenvalue weighted by molar-refractivity contribution is -0.148. The first-order chi connectivity index (χ1) is 11.0. The van der Waals surface area contributed by atoms with Crippen LogP contribution in [0.4, 0.5) is 0 Å². The SMILES string of the molecule is CC(C)OC(=O)CC(NC(=O)C1CCC(N)C1)c1ccccc1.Cl. The van der Waals surface area contributed by atoms with Crippen LogP contribution in [0.2, 0.25) is 0 Å². The molecular weight excluding hydrogens is 328 g/mol. The largest absolute Gasteiger partial charge is 0.463 e. The van der Waals surface area contributed by atoms with E-state index in [9.17, 15) is 9.59 Å². The molecule has 1 aromatic rings. The second-order valence-corrected chi connectivity index (χ2v) is 6.48. The van der Waals surface area contributed by atoms with Gasteiger partial charge in [-0.05, 0) is 38.7 Å². The fourth-order valence-electron chi connectivity index (χ4n) is 2.96. The normalized spacial score (nSPS) is 21.0. The van der Waals surface area contributed by atoms with Crippen molar-refractivity contribution in [3.05, 3.63) is 35.9 Å². The maximum Gasteiger partial charge on any atom is 0.308 e. The third-order valence-corrected chi connectivity index (χ3v) is 4.10. The van der Waals surface area contributed by atoms with Gasteiger partial charge >= 0.3 is 5.97 Å². The Bertz CT molecular complexity index is 536. The van der Waals surface area contributed by atoms with E-state index >= 15 is 0 Å². The minimum atomic E-state index is -0.369. The van der Waals surface area contributed by atoms with Crippen molar-refractivity contribution in [1.29, 1.82) is 0 Å². The Hall–Kier alpha value is -1.59. The molecule has 0 heterocycles. The van der Waals surface area contributed by atoms with Gasteiger partial charge < -0.3 is 15.8 Å².